The third-order valence-corrected chi connectivity index (χ3v) is 5.02. The van der Waals surface area contributed by atoms with Gasteiger partial charge in [-0.05, 0) is 31.2 Å². The van der Waals surface area contributed by atoms with E-state index in [1.54, 1.807) is 0 Å². The summed E-state index contributed by atoms with van der Waals surface area (Å²) < 4.78 is 0. The molecule has 0 aromatic heterocycles. The zero-order chi connectivity index (χ0) is 13.2. The Morgan fingerprint density at radius 1 is 1.21 bits per heavy atom. The van der Waals surface area contributed by atoms with Crippen LogP contribution in [0.5, 0.6) is 0 Å². The van der Waals surface area contributed by atoms with E-state index in [-0.39, 0.29) is 6.10 Å². The Kier molecular flexibility index (Phi) is 3.79. The molecule has 104 valence electrons. The number of hydrogen-bond donors (Lipinski definition) is 1. The highest BCUT2D eigenvalue weighted by molar-refractivity contribution is 5.57. The van der Waals surface area contributed by atoms with Gasteiger partial charge >= 0.3 is 0 Å². The second-order valence-corrected chi connectivity index (χ2v) is 6.15. The van der Waals surface area contributed by atoms with E-state index in [0.29, 0.717) is 6.04 Å². The van der Waals surface area contributed by atoms with Crippen LogP contribution in [0.15, 0.2) is 24.3 Å². The molecule has 3 unspecified atom stereocenters. The van der Waals surface area contributed by atoms with E-state index in [1.165, 1.54) is 37.8 Å². The van der Waals surface area contributed by atoms with Gasteiger partial charge in [-0.2, -0.15) is 0 Å². The number of hydrogen-bond acceptors (Lipinski definition) is 2. The van der Waals surface area contributed by atoms with Crippen molar-refractivity contribution in [1.29, 1.82) is 0 Å². The van der Waals surface area contributed by atoms with Crippen LogP contribution in [-0.4, -0.2) is 17.7 Å². The molecule has 3 atom stereocenters. The van der Waals surface area contributed by atoms with Gasteiger partial charge in [0, 0.05) is 23.8 Å². The molecule has 0 spiro atoms. The van der Waals surface area contributed by atoms with Crippen molar-refractivity contribution in [3.8, 4) is 0 Å². The van der Waals surface area contributed by atoms with E-state index in [2.05, 4.69) is 30.0 Å². The molecule has 1 fully saturated rings. The molecule has 0 radical (unpaired) electrons. The van der Waals surface area contributed by atoms with Gasteiger partial charge in [-0.15, -0.1) is 0 Å². The first-order valence-corrected chi connectivity index (χ1v) is 7.83. The van der Waals surface area contributed by atoms with Crippen LogP contribution in [0.25, 0.3) is 0 Å². The molecule has 1 saturated carbocycles. The zero-order valence-corrected chi connectivity index (χ0v) is 11.9. The molecule has 1 aromatic carbocycles. The lowest BCUT2D eigenvalue weighted by molar-refractivity contribution is 0.160. The van der Waals surface area contributed by atoms with Crippen molar-refractivity contribution in [1.82, 2.24) is 0 Å². The lowest BCUT2D eigenvalue weighted by atomic mass is 9.82. The van der Waals surface area contributed by atoms with Crippen molar-refractivity contribution in [2.24, 2.45) is 5.92 Å². The lowest BCUT2D eigenvalue weighted by Gasteiger charge is -2.43. The molecule has 1 aliphatic carbocycles. The third-order valence-electron chi connectivity index (χ3n) is 5.02. The average Bonchev–Trinajstić information content (AvgIpc) is 2.48. The molecular weight excluding hydrogens is 234 g/mol. The number of aliphatic hydroxyl groups is 1. The zero-order valence-electron chi connectivity index (χ0n) is 11.9. The van der Waals surface area contributed by atoms with Crippen molar-refractivity contribution in [3.63, 3.8) is 0 Å². The molecule has 1 aromatic rings. The molecule has 1 heterocycles. The third kappa shape index (κ3) is 2.51. The Hall–Kier alpha value is -1.02. The molecule has 3 rings (SSSR count). The highest BCUT2D eigenvalue weighted by Gasteiger charge is 2.31. The van der Waals surface area contributed by atoms with Crippen LogP contribution in [-0.2, 0) is 0 Å². The normalized spacial score (nSPS) is 31.1. The van der Waals surface area contributed by atoms with Gasteiger partial charge in [-0.3, -0.25) is 0 Å². The maximum Gasteiger partial charge on any atom is 0.0826 e. The largest absolute Gasteiger partial charge is 0.388 e. The quantitative estimate of drug-likeness (QED) is 0.870. The van der Waals surface area contributed by atoms with Crippen LogP contribution < -0.4 is 4.90 Å². The molecule has 0 saturated heterocycles. The minimum atomic E-state index is -0.266. The molecule has 0 bridgehead atoms. The van der Waals surface area contributed by atoms with E-state index < -0.39 is 0 Å². The maximum atomic E-state index is 10.1. The standard InChI is InChI=1S/C17H25NO/c1-2-13-6-5-7-14(12-13)18-11-10-17(19)15-8-3-4-9-16(15)18/h3-4,8-9,13-14,17,19H,2,5-7,10-12H2,1H3. The van der Waals surface area contributed by atoms with Crippen LogP contribution in [0, 0.1) is 5.92 Å². The van der Waals surface area contributed by atoms with Gasteiger partial charge in [-0.25, -0.2) is 0 Å². The van der Waals surface area contributed by atoms with Crippen LogP contribution >= 0.6 is 0 Å². The van der Waals surface area contributed by atoms with Crippen molar-refractivity contribution in [2.75, 3.05) is 11.4 Å². The highest BCUT2D eigenvalue weighted by Crippen LogP contribution is 2.39. The van der Waals surface area contributed by atoms with Crippen LogP contribution in [0.3, 0.4) is 0 Å². The molecule has 2 aliphatic rings. The SMILES string of the molecule is CCC1CCCC(N2CCC(O)c3ccccc32)C1. The lowest BCUT2D eigenvalue weighted by Crippen LogP contribution is -2.42. The Morgan fingerprint density at radius 3 is 2.89 bits per heavy atom. The van der Waals surface area contributed by atoms with Crippen molar-refractivity contribution in [3.05, 3.63) is 29.8 Å². The smallest absolute Gasteiger partial charge is 0.0826 e. The number of rotatable bonds is 2. The summed E-state index contributed by atoms with van der Waals surface area (Å²) in [5, 5.41) is 10.1. The summed E-state index contributed by atoms with van der Waals surface area (Å²) in [6, 6.07) is 9.11. The van der Waals surface area contributed by atoms with Crippen molar-refractivity contribution < 1.29 is 5.11 Å². The predicted molar refractivity (Wildman–Crippen MR) is 79.4 cm³/mol. The first kappa shape index (κ1) is 13.0. The van der Waals surface area contributed by atoms with Crippen LogP contribution in [0.2, 0.25) is 0 Å². The molecular formula is C17H25NO. The van der Waals surface area contributed by atoms with Gasteiger partial charge in [0.2, 0.25) is 0 Å². The number of nitrogens with zero attached hydrogens (tertiary/aromatic N) is 1. The Balaban J connectivity index is 1.84. The first-order valence-electron chi connectivity index (χ1n) is 7.83. The average molecular weight is 259 g/mol. The second-order valence-electron chi connectivity index (χ2n) is 6.15. The van der Waals surface area contributed by atoms with E-state index >= 15 is 0 Å². The molecule has 19 heavy (non-hydrogen) atoms. The maximum absolute atomic E-state index is 10.1. The fourth-order valence-corrected chi connectivity index (χ4v) is 3.86. The van der Waals surface area contributed by atoms with Crippen LogP contribution in [0.4, 0.5) is 5.69 Å². The summed E-state index contributed by atoms with van der Waals surface area (Å²) in [4.78, 5) is 2.57. The molecule has 2 heteroatoms. The summed E-state index contributed by atoms with van der Waals surface area (Å²) in [7, 11) is 0. The molecule has 2 nitrogen and oxygen atoms in total. The summed E-state index contributed by atoms with van der Waals surface area (Å²) in [5.74, 6) is 0.901. The minimum absolute atomic E-state index is 0.266. The van der Waals surface area contributed by atoms with E-state index in [1.807, 2.05) is 6.07 Å². The van der Waals surface area contributed by atoms with Gasteiger partial charge in [0.25, 0.3) is 0 Å². The predicted octanol–water partition coefficient (Wildman–Crippen LogP) is 3.90. The first-order chi connectivity index (χ1) is 9.29. The van der Waals surface area contributed by atoms with Gasteiger partial charge < -0.3 is 10.0 Å². The van der Waals surface area contributed by atoms with Crippen molar-refractivity contribution in [2.45, 2.75) is 57.6 Å². The van der Waals surface area contributed by atoms with Gasteiger partial charge in [0.05, 0.1) is 6.10 Å². The number of anilines is 1. The molecule has 1 N–H and O–H groups in total. The fraction of sp³-hybridized carbons (Fsp3) is 0.647. The number of fused-ring (bicyclic) bond motifs is 1. The van der Waals surface area contributed by atoms with E-state index in [9.17, 15) is 5.11 Å². The summed E-state index contributed by atoms with van der Waals surface area (Å²) in [6.07, 6.45) is 7.36. The Labute approximate surface area is 116 Å². The summed E-state index contributed by atoms with van der Waals surface area (Å²) in [5.41, 5.74) is 2.41. The van der Waals surface area contributed by atoms with Gasteiger partial charge in [0.15, 0.2) is 0 Å². The molecule has 1 aliphatic heterocycles. The Morgan fingerprint density at radius 2 is 2.05 bits per heavy atom. The van der Waals surface area contributed by atoms with E-state index in [0.717, 1.165) is 24.4 Å². The van der Waals surface area contributed by atoms with Crippen molar-refractivity contribution >= 4 is 5.69 Å². The topological polar surface area (TPSA) is 23.5 Å². The summed E-state index contributed by atoms with van der Waals surface area (Å²) in [6.45, 7) is 3.33. The molecule has 0 amide bonds. The van der Waals surface area contributed by atoms with Gasteiger partial charge in [0.1, 0.15) is 0 Å². The minimum Gasteiger partial charge on any atom is -0.388 e. The van der Waals surface area contributed by atoms with Gasteiger partial charge in [-0.1, -0.05) is 44.4 Å². The second kappa shape index (κ2) is 5.54. The number of para-hydroxylation sites is 1. The monoisotopic (exact) mass is 259 g/mol. The highest BCUT2D eigenvalue weighted by atomic mass is 16.3. The van der Waals surface area contributed by atoms with Crippen LogP contribution in [0.1, 0.15) is 57.1 Å². The summed E-state index contributed by atoms with van der Waals surface area (Å²) >= 11 is 0. The Bertz CT molecular complexity index is 431. The van der Waals surface area contributed by atoms with E-state index in [4.69, 9.17) is 0 Å². The number of aliphatic hydroxyl groups excluding tert-OH is 1. The fourth-order valence-electron chi connectivity index (χ4n) is 3.86. The number of benzene rings is 1.